The van der Waals surface area contributed by atoms with E-state index in [-0.39, 0.29) is 11.6 Å². The van der Waals surface area contributed by atoms with Gasteiger partial charge in [0.05, 0.1) is 23.3 Å². The van der Waals surface area contributed by atoms with Gasteiger partial charge >= 0.3 is 0 Å². The molecule has 6 heteroatoms. The Hall–Kier alpha value is -2.89. The van der Waals surface area contributed by atoms with Crippen LogP contribution in [-0.2, 0) is 6.42 Å². The number of fused-ring (bicyclic) bond motifs is 1. The van der Waals surface area contributed by atoms with Crippen LogP contribution in [0.3, 0.4) is 0 Å². The molecule has 0 aromatic heterocycles. The first-order valence-corrected chi connectivity index (χ1v) is 6.84. The van der Waals surface area contributed by atoms with Crippen LogP contribution >= 0.6 is 0 Å². The zero-order valence-electron chi connectivity index (χ0n) is 12.0. The predicted octanol–water partition coefficient (Wildman–Crippen LogP) is 2.81. The number of benzene rings is 2. The second-order valence-electron chi connectivity index (χ2n) is 4.98. The van der Waals surface area contributed by atoms with Gasteiger partial charge in [-0.2, -0.15) is 0 Å². The summed E-state index contributed by atoms with van der Waals surface area (Å²) >= 11 is 0. The van der Waals surface area contributed by atoms with E-state index >= 15 is 0 Å². The summed E-state index contributed by atoms with van der Waals surface area (Å²) in [5.41, 5.74) is 1.97. The minimum atomic E-state index is -0.454. The lowest BCUT2D eigenvalue weighted by atomic mass is 10.1. The third-order valence-electron chi connectivity index (χ3n) is 3.76. The molecule has 1 heterocycles. The molecule has 6 nitrogen and oxygen atoms in total. The normalized spacial score (nSPS) is 12.9. The molecule has 1 aliphatic heterocycles. The van der Waals surface area contributed by atoms with Crippen molar-refractivity contribution in [2.24, 2.45) is 0 Å². The smallest absolute Gasteiger partial charge is 0.271 e. The fraction of sp³-hybridized carbons (Fsp3) is 0.188. The average Bonchev–Trinajstić information content (AvgIpc) is 2.97. The summed E-state index contributed by atoms with van der Waals surface area (Å²) in [6.45, 7) is 0.507. The van der Waals surface area contributed by atoms with Crippen molar-refractivity contribution in [2.45, 2.75) is 6.42 Å². The number of nitro groups is 1. The van der Waals surface area contributed by atoms with E-state index in [1.54, 1.807) is 35.2 Å². The number of non-ortho nitro benzene ring substituents is 1. The molecule has 0 saturated heterocycles. The van der Waals surface area contributed by atoms with Crippen molar-refractivity contribution in [2.75, 3.05) is 18.6 Å². The molecule has 0 aliphatic carbocycles. The average molecular weight is 298 g/mol. The van der Waals surface area contributed by atoms with Crippen molar-refractivity contribution >= 4 is 17.3 Å². The molecular weight excluding hydrogens is 284 g/mol. The topological polar surface area (TPSA) is 72.7 Å². The number of anilines is 1. The van der Waals surface area contributed by atoms with Gasteiger partial charge in [0.2, 0.25) is 0 Å². The molecule has 1 amide bonds. The summed E-state index contributed by atoms with van der Waals surface area (Å²) in [7, 11) is 1.51. The highest BCUT2D eigenvalue weighted by Gasteiger charge is 2.28. The molecule has 3 rings (SSSR count). The molecule has 0 bridgehead atoms. The zero-order valence-corrected chi connectivity index (χ0v) is 12.0. The summed E-state index contributed by atoms with van der Waals surface area (Å²) < 4.78 is 5.22. The molecule has 2 aromatic carbocycles. The number of para-hydroxylation sites is 1. The van der Waals surface area contributed by atoms with Gasteiger partial charge in [0, 0.05) is 18.7 Å². The van der Waals surface area contributed by atoms with Crippen LogP contribution in [0.5, 0.6) is 5.75 Å². The molecule has 0 saturated carbocycles. The summed E-state index contributed by atoms with van der Waals surface area (Å²) in [4.78, 5) is 24.8. The van der Waals surface area contributed by atoms with Crippen molar-refractivity contribution in [3.63, 3.8) is 0 Å². The minimum absolute atomic E-state index is 0.0153. The number of hydrogen-bond donors (Lipinski definition) is 0. The number of amides is 1. The van der Waals surface area contributed by atoms with Crippen molar-refractivity contribution in [3.05, 3.63) is 63.7 Å². The summed E-state index contributed by atoms with van der Waals surface area (Å²) in [6, 6.07) is 11.6. The first-order chi connectivity index (χ1) is 10.6. The molecule has 1 aliphatic rings. The van der Waals surface area contributed by atoms with Crippen molar-refractivity contribution in [1.82, 2.24) is 0 Å². The lowest BCUT2D eigenvalue weighted by Gasteiger charge is -2.18. The summed E-state index contributed by atoms with van der Waals surface area (Å²) in [6.07, 6.45) is 0.689. The highest BCUT2D eigenvalue weighted by molar-refractivity contribution is 6.09. The van der Waals surface area contributed by atoms with E-state index in [1.807, 2.05) is 0 Å². The molecule has 0 spiro atoms. The second-order valence-corrected chi connectivity index (χ2v) is 4.98. The Kier molecular flexibility index (Phi) is 3.50. The van der Waals surface area contributed by atoms with Crippen LogP contribution in [0.15, 0.2) is 42.5 Å². The van der Waals surface area contributed by atoms with E-state index in [9.17, 15) is 14.9 Å². The molecule has 112 valence electrons. The molecule has 0 fully saturated rings. The lowest BCUT2D eigenvalue weighted by molar-refractivity contribution is -0.384. The van der Waals surface area contributed by atoms with Crippen LogP contribution in [0.1, 0.15) is 15.9 Å². The van der Waals surface area contributed by atoms with E-state index in [4.69, 9.17) is 4.74 Å². The number of rotatable bonds is 3. The number of ether oxygens (including phenoxy) is 1. The van der Waals surface area contributed by atoms with Gasteiger partial charge in [-0.05, 0) is 24.1 Å². The predicted molar refractivity (Wildman–Crippen MR) is 81.5 cm³/mol. The largest absolute Gasteiger partial charge is 0.496 e. The number of hydrogen-bond acceptors (Lipinski definition) is 4. The highest BCUT2D eigenvalue weighted by Crippen LogP contribution is 2.33. The van der Waals surface area contributed by atoms with E-state index < -0.39 is 4.92 Å². The molecule has 0 atom stereocenters. The number of methoxy groups -OCH3 is 1. The molecule has 0 unspecified atom stereocenters. The molecule has 22 heavy (non-hydrogen) atoms. The van der Waals surface area contributed by atoms with Gasteiger partial charge in [-0.3, -0.25) is 14.9 Å². The van der Waals surface area contributed by atoms with Crippen molar-refractivity contribution < 1.29 is 14.5 Å². The van der Waals surface area contributed by atoms with Crippen LogP contribution in [0.2, 0.25) is 0 Å². The van der Waals surface area contributed by atoms with Gasteiger partial charge in [0.25, 0.3) is 11.6 Å². The molecular formula is C16H14N2O4. The van der Waals surface area contributed by atoms with Gasteiger partial charge in [-0.1, -0.05) is 18.2 Å². The fourth-order valence-corrected chi connectivity index (χ4v) is 2.66. The summed E-state index contributed by atoms with van der Waals surface area (Å²) in [5, 5.41) is 10.9. The standard InChI is InChI=1S/C16H14N2O4/c1-22-15-5-3-2-4-13(15)16(19)17-9-8-11-6-7-12(18(20)21)10-14(11)17/h2-7,10H,8-9H2,1H3. The van der Waals surface area contributed by atoms with Crippen LogP contribution in [-0.4, -0.2) is 24.5 Å². The Morgan fingerprint density at radius 3 is 2.77 bits per heavy atom. The molecule has 0 radical (unpaired) electrons. The third-order valence-corrected chi connectivity index (χ3v) is 3.76. The minimum Gasteiger partial charge on any atom is -0.496 e. The monoisotopic (exact) mass is 298 g/mol. The quantitative estimate of drug-likeness (QED) is 0.645. The number of nitrogens with zero attached hydrogens (tertiary/aromatic N) is 2. The van der Waals surface area contributed by atoms with E-state index in [1.165, 1.54) is 19.2 Å². The Morgan fingerprint density at radius 1 is 1.27 bits per heavy atom. The second kappa shape index (κ2) is 5.48. The first kappa shape index (κ1) is 14.1. The maximum atomic E-state index is 12.7. The number of carbonyl (C=O) groups is 1. The van der Waals surface area contributed by atoms with Gasteiger partial charge in [0.1, 0.15) is 5.75 Å². The van der Waals surface area contributed by atoms with Gasteiger partial charge in [-0.15, -0.1) is 0 Å². The Labute approximate surface area is 127 Å². The Morgan fingerprint density at radius 2 is 2.05 bits per heavy atom. The third kappa shape index (κ3) is 2.28. The van der Waals surface area contributed by atoms with Crippen LogP contribution in [0.25, 0.3) is 0 Å². The number of carbonyl (C=O) groups excluding carboxylic acids is 1. The van der Waals surface area contributed by atoms with Crippen molar-refractivity contribution in [3.8, 4) is 5.75 Å². The maximum Gasteiger partial charge on any atom is 0.271 e. The lowest BCUT2D eigenvalue weighted by Crippen LogP contribution is -2.29. The molecule has 2 aromatic rings. The first-order valence-electron chi connectivity index (χ1n) is 6.84. The number of nitro benzene ring substituents is 1. The maximum absolute atomic E-state index is 12.7. The summed E-state index contributed by atoms with van der Waals surface area (Å²) in [5.74, 6) is 0.281. The van der Waals surface area contributed by atoms with Gasteiger partial charge < -0.3 is 9.64 Å². The van der Waals surface area contributed by atoms with Crippen molar-refractivity contribution in [1.29, 1.82) is 0 Å². The van der Waals surface area contributed by atoms with E-state index in [2.05, 4.69) is 0 Å². The van der Waals surface area contributed by atoms with Crippen LogP contribution < -0.4 is 9.64 Å². The Bertz CT molecular complexity index is 758. The fourth-order valence-electron chi connectivity index (χ4n) is 2.66. The zero-order chi connectivity index (χ0) is 15.7. The Balaban J connectivity index is 2.00. The van der Waals surface area contributed by atoms with Gasteiger partial charge in [0.15, 0.2) is 0 Å². The van der Waals surface area contributed by atoms with Crippen LogP contribution in [0, 0.1) is 10.1 Å². The SMILES string of the molecule is COc1ccccc1C(=O)N1CCc2ccc([N+](=O)[O-])cc21. The molecule has 0 N–H and O–H groups in total. The highest BCUT2D eigenvalue weighted by atomic mass is 16.6. The van der Waals surface area contributed by atoms with E-state index in [0.29, 0.717) is 30.0 Å². The van der Waals surface area contributed by atoms with Crippen LogP contribution in [0.4, 0.5) is 11.4 Å². The van der Waals surface area contributed by atoms with Gasteiger partial charge in [-0.25, -0.2) is 0 Å². The van der Waals surface area contributed by atoms with E-state index in [0.717, 1.165) is 5.56 Å².